The highest BCUT2D eigenvalue weighted by Gasteiger charge is 2.09. The average Bonchev–Trinajstić information content (AvgIpc) is 1.91. The predicted molar refractivity (Wildman–Crippen MR) is 39.1 cm³/mol. The molecule has 0 radical (unpaired) electrons. The molecule has 1 nitrogen and oxygen atoms in total. The van der Waals surface area contributed by atoms with Crippen LogP contribution in [0.15, 0.2) is 0 Å². The minimum Gasteiger partial charge on any atom is -0.313 e. The highest BCUT2D eigenvalue weighted by Crippen LogP contribution is 2.08. The third-order valence-electron chi connectivity index (χ3n) is 1.78. The Kier molecular flexibility index (Phi) is 2.60. The highest BCUT2D eigenvalue weighted by atomic mass is 14.9. The standard InChI is InChI=1S/C8H13N/c1-2-5-8-6-3-4-7-9-8/h1,8-9H,3-7H2. The van der Waals surface area contributed by atoms with Crippen LogP contribution in [0.4, 0.5) is 0 Å². The summed E-state index contributed by atoms with van der Waals surface area (Å²) in [5.41, 5.74) is 0. The molecule has 1 N–H and O–H groups in total. The van der Waals surface area contributed by atoms with Crippen LogP contribution in [0.25, 0.3) is 0 Å². The number of rotatable bonds is 1. The van der Waals surface area contributed by atoms with Gasteiger partial charge in [-0.3, -0.25) is 0 Å². The Morgan fingerprint density at radius 1 is 1.56 bits per heavy atom. The van der Waals surface area contributed by atoms with E-state index in [0.29, 0.717) is 6.04 Å². The molecular formula is C8H13N. The second kappa shape index (κ2) is 3.53. The van der Waals surface area contributed by atoms with Gasteiger partial charge in [-0.2, -0.15) is 0 Å². The maximum atomic E-state index is 5.17. The number of hydrogen-bond donors (Lipinski definition) is 1. The van der Waals surface area contributed by atoms with Gasteiger partial charge < -0.3 is 5.32 Å². The molecule has 1 saturated heterocycles. The van der Waals surface area contributed by atoms with Crippen LogP contribution in [0.5, 0.6) is 0 Å². The van der Waals surface area contributed by atoms with E-state index in [1.54, 1.807) is 0 Å². The van der Waals surface area contributed by atoms with Crippen molar-refractivity contribution in [2.24, 2.45) is 0 Å². The third kappa shape index (κ3) is 2.07. The number of nitrogens with one attached hydrogen (secondary N) is 1. The highest BCUT2D eigenvalue weighted by molar-refractivity contribution is 4.90. The summed E-state index contributed by atoms with van der Waals surface area (Å²) in [5, 5.41) is 3.38. The van der Waals surface area contributed by atoms with Gasteiger partial charge in [0, 0.05) is 12.5 Å². The number of hydrogen-bond acceptors (Lipinski definition) is 1. The van der Waals surface area contributed by atoms with Crippen LogP contribution >= 0.6 is 0 Å². The fourth-order valence-corrected chi connectivity index (χ4v) is 1.24. The number of terminal acetylenes is 1. The van der Waals surface area contributed by atoms with E-state index in [0.717, 1.165) is 13.0 Å². The molecule has 50 valence electrons. The zero-order valence-electron chi connectivity index (χ0n) is 5.69. The Morgan fingerprint density at radius 3 is 3.00 bits per heavy atom. The quantitative estimate of drug-likeness (QED) is 0.516. The normalized spacial score (nSPS) is 27.2. The third-order valence-corrected chi connectivity index (χ3v) is 1.78. The van der Waals surface area contributed by atoms with Gasteiger partial charge in [-0.05, 0) is 19.4 Å². The molecule has 0 bridgehead atoms. The fraction of sp³-hybridized carbons (Fsp3) is 0.750. The molecular weight excluding hydrogens is 110 g/mol. The maximum absolute atomic E-state index is 5.17. The van der Waals surface area contributed by atoms with Gasteiger partial charge in [-0.15, -0.1) is 12.3 Å². The number of piperidine rings is 1. The van der Waals surface area contributed by atoms with E-state index in [1.165, 1.54) is 19.3 Å². The molecule has 0 saturated carbocycles. The SMILES string of the molecule is C#CCC1CCCCN1. The van der Waals surface area contributed by atoms with Crippen molar-refractivity contribution in [1.82, 2.24) is 5.32 Å². The summed E-state index contributed by atoms with van der Waals surface area (Å²) in [5.74, 6) is 2.67. The lowest BCUT2D eigenvalue weighted by Gasteiger charge is -2.20. The minimum absolute atomic E-state index is 0.615. The molecule has 1 heteroatoms. The molecule has 0 aromatic carbocycles. The lowest BCUT2D eigenvalue weighted by atomic mass is 10.0. The minimum atomic E-state index is 0.615. The average molecular weight is 123 g/mol. The first-order valence-electron chi connectivity index (χ1n) is 3.60. The second-order valence-electron chi connectivity index (χ2n) is 2.56. The molecule has 0 aliphatic carbocycles. The topological polar surface area (TPSA) is 12.0 Å². The van der Waals surface area contributed by atoms with Crippen molar-refractivity contribution in [2.45, 2.75) is 31.7 Å². The lowest BCUT2D eigenvalue weighted by molar-refractivity contribution is 0.407. The summed E-state index contributed by atoms with van der Waals surface area (Å²) in [4.78, 5) is 0. The second-order valence-corrected chi connectivity index (χ2v) is 2.56. The Bertz CT molecular complexity index is 106. The van der Waals surface area contributed by atoms with Crippen LogP contribution in [-0.2, 0) is 0 Å². The van der Waals surface area contributed by atoms with Crippen molar-refractivity contribution < 1.29 is 0 Å². The molecule has 1 heterocycles. The smallest absolute Gasteiger partial charge is 0.0240 e. The molecule has 0 amide bonds. The molecule has 1 fully saturated rings. The van der Waals surface area contributed by atoms with Gasteiger partial charge in [0.1, 0.15) is 0 Å². The molecule has 1 aliphatic rings. The summed E-state index contributed by atoms with van der Waals surface area (Å²) in [6.07, 6.45) is 10.0. The molecule has 0 aromatic rings. The van der Waals surface area contributed by atoms with E-state index < -0.39 is 0 Å². The van der Waals surface area contributed by atoms with E-state index in [1.807, 2.05) is 0 Å². The van der Waals surface area contributed by atoms with Crippen LogP contribution < -0.4 is 5.32 Å². The summed E-state index contributed by atoms with van der Waals surface area (Å²) in [6, 6.07) is 0.615. The lowest BCUT2D eigenvalue weighted by Crippen LogP contribution is -2.33. The van der Waals surface area contributed by atoms with Crippen LogP contribution in [0.2, 0.25) is 0 Å². The maximum Gasteiger partial charge on any atom is 0.0240 e. The summed E-state index contributed by atoms with van der Waals surface area (Å²) in [7, 11) is 0. The fourth-order valence-electron chi connectivity index (χ4n) is 1.24. The zero-order chi connectivity index (χ0) is 6.53. The monoisotopic (exact) mass is 123 g/mol. The zero-order valence-corrected chi connectivity index (χ0v) is 5.69. The van der Waals surface area contributed by atoms with E-state index >= 15 is 0 Å². The van der Waals surface area contributed by atoms with Gasteiger partial charge in [-0.25, -0.2) is 0 Å². The first-order chi connectivity index (χ1) is 4.43. The Labute approximate surface area is 56.8 Å². The Balaban J connectivity index is 2.17. The van der Waals surface area contributed by atoms with Crippen molar-refractivity contribution in [1.29, 1.82) is 0 Å². The first-order valence-corrected chi connectivity index (χ1v) is 3.60. The van der Waals surface area contributed by atoms with Crippen LogP contribution in [0.1, 0.15) is 25.7 Å². The molecule has 1 rings (SSSR count). The van der Waals surface area contributed by atoms with E-state index in [2.05, 4.69) is 11.2 Å². The predicted octanol–water partition coefficient (Wildman–Crippen LogP) is 1.15. The van der Waals surface area contributed by atoms with Crippen molar-refractivity contribution in [3.8, 4) is 12.3 Å². The Morgan fingerprint density at radius 2 is 2.44 bits per heavy atom. The van der Waals surface area contributed by atoms with Gasteiger partial charge in [0.2, 0.25) is 0 Å². The first kappa shape index (κ1) is 6.64. The summed E-state index contributed by atoms with van der Waals surface area (Å²) < 4.78 is 0. The van der Waals surface area contributed by atoms with Crippen molar-refractivity contribution >= 4 is 0 Å². The molecule has 1 aliphatic heterocycles. The van der Waals surface area contributed by atoms with Crippen molar-refractivity contribution in [3.63, 3.8) is 0 Å². The Hall–Kier alpha value is -0.480. The molecule has 9 heavy (non-hydrogen) atoms. The summed E-state index contributed by atoms with van der Waals surface area (Å²) >= 11 is 0. The van der Waals surface area contributed by atoms with Crippen LogP contribution in [0.3, 0.4) is 0 Å². The summed E-state index contributed by atoms with van der Waals surface area (Å²) in [6.45, 7) is 1.16. The molecule has 0 aromatic heterocycles. The van der Waals surface area contributed by atoms with E-state index in [4.69, 9.17) is 6.42 Å². The van der Waals surface area contributed by atoms with Gasteiger partial charge in [0.25, 0.3) is 0 Å². The van der Waals surface area contributed by atoms with E-state index in [-0.39, 0.29) is 0 Å². The van der Waals surface area contributed by atoms with Crippen LogP contribution in [0, 0.1) is 12.3 Å². The van der Waals surface area contributed by atoms with Gasteiger partial charge in [0.05, 0.1) is 0 Å². The molecule has 1 atom stereocenters. The van der Waals surface area contributed by atoms with Crippen LogP contribution in [-0.4, -0.2) is 12.6 Å². The van der Waals surface area contributed by atoms with Crippen molar-refractivity contribution in [2.75, 3.05) is 6.54 Å². The van der Waals surface area contributed by atoms with E-state index in [9.17, 15) is 0 Å². The molecule has 1 unspecified atom stereocenters. The largest absolute Gasteiger partial charge is 0.313 e. The van der Waals surface area contributed by atoms with Gasteiger partial charge in [0.15, 0.2) is 0 Å². The van der Waals surface area contributed by atoms with Gasteiger partial charge >= 0.3 is 0 Å². The van der Waals surface area contributed by atoms with Crippen molar-refractivity contribution in [3.05, 3.63) is 0 Å². The molecule has 0 spiro atoms. The van der Waals surface area contributed by atoms with Gasteiger partial charge in [-0.1, -0.05) is 6.42 Å².